The van der Waals surface area contributed by atoms with Gasteiger partial charge in [0.25, 0.3) is 0 Å². The van der Waals surface area contributed by atoms with E-state index < -0.39 is 0 Å². The normalized spacial score (nSPS) is 10.4. The minimum Gasteiger partial charge on any atom is -0.300 e. The second-order valence-electron chi connectivity index (χ2n) is 4.18. The molecule has 0 fully saturated rings. The molecule has 2 aromatic heterocycles. The van der Waals surface area contributed by atoms with Crippen molar-refractivity contribution in [3.8, 4) is 11.8 Å². The lowest BCUT2D eigenvalue weighted by Gasteiger charge is -2.04. The highest BCUT2D eigenvalue weighted by molar-refractivity contribution is 5.85. The zero-order valence-corrected chi connectivity index (χ0v) is 9.96. The maximum absolute atomic E-state index is 9.17. The molecule has 0 aliphatic carbocycles. The number of hydrogen-bond donors (Lipinski definition) is 0. The number of hydrogen-bond acceptors (Lipinski definition) is 2. The van der Waals surface area contributed by atoms with Crippen molar-refractivity contribution in [2.75, 3.05) is 0 Å². The predicted octanol–water partition coefficient (Wildman–Crippen LogP) is 3.21. The summed E-state index contributed by atoms with van der Waals surface area (Å²) >= 11 is 0. The molecule has 86 valence electrons. The number of rotatable bonds is 1. The first kappa shape index (κ1) is 10.5. The molecule has 3 rings (SSSR count). The third-order valence-corrected chi connectivity index (χ3v) is 2.95. The molecule has 3 aromatic rings. The van der Waals surface area contributed by atoms with E-state index in [0.29, 0.717) is 5.56 Å². The van der Waals surface area contributed by atoms with E-state index in [2.05, 4.69) is 11.1 Å². The highest BCUT2D eigenvalue weighted by atomic mass is 15.0. The van der Waals surface area contributed by atoms with Crippen molar-refractivity contribution in [2.45, 2.75) is 6.92 Å². The zero-order valence-electron chi connectivity index (χ0n) is 9.96. The summed E-state index contributed by atoms with van der Waals surface area (Å²) in [7, 11) is 0. The lowest BCUT2D eigenvalue weighted by Crippen LogP contribution is -1.93. The highest BCUT2D eigenvalue weighted by Crippen LogP contribution is 2.23. The number of nitriles is 1. The largest absolute Gasteiger partial charge is 0.300 e. The minimum atomic E-state index is 0.654. The molecule has 0 bridgehead atoms. The standard InChI is InChI=1S/C15H11N3/c1-11-7-8-14-12(9-16)10-18(15(14)17-11)13-5-3-2-4-6-13/h2-8,10H,1H3. The van der Waals surface area contributed by atoms with Crippen molar-refractivity contribution in [3.05, 3.63) is 59.9 Å². The van der Waals surface area contributed by atoms with Gasteiger partial charge in [-0.3, -0.25) is 4.57 Å². The zero-order chi connectivity index (χ0) is 12.5. The fourth-order valence-electron chi connectivity index (χ4n) is 2.07. The topological polar surface area (TPSA) is 41.6 Å². The Morgan fingerprint density at radius 1 is 1.11 bits per heavy atom. The smallest absolute Gasteiger partial charge is 0.146 e. The predicted molar refractivity (Wildman–Crippen MR) is 70.5 cm³/mol. The van der Waals surface area contributed by atoms with Gasteiger partial charge in [0, 0.05) is 23.0 Å². The van der Waals surface area contributed by atoms with Crippen molar-refractivity contribution >= 4 is 11.0 Å². The molecule has 0 amide bonds. The summed E-state index contributed by atoms with van der Waals surface area (Å²) < 4.78 is 1.96. The molecular formula is C15H11N3. The fraction of sp³-hybridized carbons (Fsp3) is 0.0667. The molecule has 3 heteroatoms. The SMILES string of the molecule is Cc1ccc2c(C#N)cn(-c3ccccc3)c2n1. The van der Waals surface area contributed by atoms with E-state index in [0.717, 1.165) is 22.4 Å². The van der Waals surface area contributed by atoms with Crippen molar-refractivity contribution in [1.29, 1.82) is 5.26 Å². The van der Waals surface area contributed by atoms with Crippen molar-refractivity contribution < 1.29 is 0 Å². The first-order valence-electron chi connectivity index (χ1n) is 5.74. The Bertz CT molecular complexity index is 748. The van der Waals surface area contributed by atoms with Crippen LogP contribution in [0.1, 0.15) is 11.3 Å². The molecule has 0 saturated carbocycles. The molecule has 0 unspecified atom stereocenters. The molecule has 3 nitrogen and oxygen atoms in total. The number of fused-ring (bicyclic) bond motifs is 1. The van der Waals surface area contributed by atoms with Gasteiger partial charge in [0.05, 0.1) is 5.56 Å². The molecule has 2 heterocycles. The number of nitrogens with zero attached hydrogens (tertiary/aromatic N) is 3. The molecule has 0 aliphatic heterocycles. The van der Waals surface area contributed by atoms with E-state index in [9.17, 15) is 5.26 Å². The van der Waals surface area contributed by atoms with Crippen LogP contribution in [0.15, 0.2) is 48.7 Å². The van der Waals surface area contributed by atoms with Gasteiger partial charge < -0.3 is 0 Å². The third-order valence-electron chi connectivity index (χ3n) is 2.95. The molecule has 0 spiro atoms. The number of aromatic nitrogens is 2. The monoisotopic (exact) mass is 233 g/mol. The minimum absolute atomic E-state index is 0.654. The maximum Gasteiger partial charge on any atom is 0.146 e. The van der Waals surface area contributed by atoms with Crippen LogP contribution >= 0.6 is 0 Å². The quantitative estimate of drug-likeness (QED) is 0.647. The lowest BCUT2D eigenvalue weighted by atomic mass is 10.2. The lowest BCUT2D eigenvalue weighted by molar-refractivity contribution is 1.07. The van der Waals surface area contributed by atoms with E-state index in [1.54, 1.807) is 0 Å². The molecule has 1 aromatic carbocycles. The summed E-state index contributed by atoms with van der Waals surface area (Å²) in [5, 5.41) is 10.1. The van der Waals surface area contributed by atoms with Crippen LogP contribution in [0.2, 0.25) is 0 Å². The van der Waals surface area contributed by atoms with Crippen LogP contribution in [-0.2, 0) is 0 Å². The number of aryl methyl sites for hydroxylation is 1. The van der Waals surface area contributed by atoms with Gasteiger partial charge in [-0.2, -0.15) is 5.26 Å². The Morgan fingerprint density at radius 2 is 1.89 bits per heavy atom. The maximum atomic E-state index is 9.17. The first-order chi connectivity index (χ1) is 8.79. The van der Waals surface area contributed by atoms with Crippen LogP contribution in [0.3, 0.4) is 0 Å². The van der Waals surface area contributed by atoms with Crippen molar-refractivity contribution in [1.82, 2.24) is 9.55 Å². The van der Waals surface area contributed by atoms with Gasteiger partial charge >= 0.3 is 0 Å². The number of benzene rings is 1. The van der Waals surface area contributed by atoms with Crippen LogP contribution in [-0.4, -0.2) is 9.55 Å². The van der Waals surface area contributed by atoms with E-state index in [-0.39, 0.29) is 0 Å². The Kier molecular flexibility index (Phi) is 2.35. The van der Waals surface area contributed by atoms with Crippen molar-refractivity contribution in [2.24, 2.45) is 0 Å². The summed E-state index contributed by atoms with van der Waals surface area (Å²) in [5.41, 5.74) is 3.45. The third kappa shape index (κ3) is 1.56. The average molecular weight is 233 g/mol. The van der Waals surface area contributed by atoms with Crippen LogP contribution in [0.25, 0.3) is 16.7 Å². The summed E-state index contributed by atoms with van der Waals surface area (Å²) in [5.74, 6) is 0. The van der Waals surface area contributed by atoms with E-state index in [1.165, 1.54) is 0 Å². The Morgan fingerprint density at radius 3 is 2.61 bits per heavy atom. The first-order valence-corrected chi connectivity index (χ1v) is 5.74. The molecule has 0 radical (unpaired) electrons. The van der Waals surface area contributed by atoms with Gasteiger partial charge in [-0.15, -0.1) is 0 Å². The summed E-state index contributed by atoms with van der Waals surface area (Å²) in [6, 6.07) is 16.0. The van der Waals surface area contributed by atoms with Crippen molar-refractivity contribution in [3.63, 3.8) is 0 Å². The second-order valence-corrected chi connectivity index (χ2v) is 4.18. The number of para-hydroxylation sites is 1. The van der Waals surface area contributed by atoms with Crippen LogP contribution in [0.5, 0.6) is 0 Å². The molecule has 18 heavy (non-hydrogen) atoms. The highest BCUT2D eigenvalue weighted by Gasteiger charge is 2.10. The van der Waals surface area contributed by atoms with Crippen LogP contribution in [0, 0.1) is 18.3 Å². The summed E-state index contributed by atoms with van der Waals surface area (Å²) in [4.78, 5) is 4.53. The van der Waals surface area contributed by atoms with E-state index in [1.807, 2.05) is 60.2 Å². The van der Waals surface area contributed by atoms with Crippen LogP contribution in [0.4, 0.5) is 0 Å². The summed E-state index contributed by atoms with van der Waals surface area (Å²) in [6.45, 7) is 1.95. The number of pyridine rings is 1. The van der Waals surface area contributed by atoms with Crippen LogP contribution < -0.4 is 0 Å². The van der Waals surface area contributed by atoms with Gasteiger partial charge in [0.2, 0.25) is 0 Å². The Labute approximate surface area is 105 Å². The van der Waals surface area contributed by atoms with Gasteiger partial charge in [-0.1, -0.05) is 18.2 Å². The molecule has 0 aliphatic rings. The molecule has 0 saturated heterocycles. The van der Waals surface area contributed by atoms with Gasteiger partial charge in [0.15, 0.2) is 0 Å². The van der Waals surface area contributed by atoms with Gasteiger partial charge in [-0.05, 0) is 31.2 Å². The van der Waals surface area contributed by atoms with Gasteiger partial charge in [-0.25, -0.2) is 4.98 Å². The van der Waals surface area contributed by atoms with Gasteiger partial charge in [0.1, 0.15) is 11.7 Å². The average Bonchev–Trinajstić information content (AvgIpc) is 2.77. The van der Waals surface area contributed by atoms with E-state index >= 15 is 0 Å². The molecule has 0 atom stereocenters. The second kappa shape index (κ2) is 4.01. The Hall–Kier alpha value is -2.60. The molecule has 0 N–H and O–H groups in total. The van der Waals surface area contributed by atoms with E-state index in [4.69, 9.17) is 0 Å². The summed E-state index contributed by atoms with van der Waals surface area (Å²) in [6.07, 6.45) is 1.84. The molecular weight excluding hydrogens is 222 g/mol. The Balaban J connectivity index is 2.37. The fourth-order valence-corrected chi connectivity index (χ4v) is 2.07.